The molecule has 24 atom stereocenters. The zero-order valence-electron chi connectivity index (χ0n) is 72.9. The van der Waals surface area contributed by atoms with Crippen LogP contribution in [0.2, 0.25) is 0 Å². The molecule has 676 valence electrons. The lowest BCUT2D eigenvalue weighted by molar-refractivity contribution is -0.193. The molecule has 0 radical (unpaired) electrons. The van der Waals surface area contributed by atoms with E-state index < -0.39 is 69.9 Å². The predicted molar refractivity (Wildman–Crippen MR) is 417 cm³/mol. The van der Waals surface area contributed by atoms with Gasteiger partial charge >= 0.3 is 90.3 Å². The van der Waals surface area contributed by atoms with Crippen molar-refractivity contribution in [1.82, 2.24) is 0 Å². The summed E-state index contributed by atoms with van der Waals surface area (Å²) in [7, 11) is 3.52. The van der Waals surface area contributed by atoms with Crippen molar-refractivity contribution < 1.29 is 162 Å². The fourth-order valence-electron chi connectivity index (χ4n) is 23.1. The average molecular weight is 1730 g/mol. The molecule has 4 saturated heterocycles. The Bertz CT molecular complexity index is 4140. The smallest absolute Gasteiger partial charge is 0.373 e. The zero-order chi connectivity index (χ0) is 92.8. The maximum absolute atomic E-state index is 13.4. The molecule has 8 aliphatic carbocycles. The lowest BCUT2D eigenvalue weighted by atomic mass is 9.57. The molecular weight excluding hydrogens is 1610 g/mol. The Morgan fingerprint density at radius 3 is 0.870 bits per heavy atom. The Morgan fingerprint density at radius 1 is 0.382 bits per heavy atom. The zero-order valence-corrected chi connectivity index (χ0v) is 72.9. The van der Waals surface area contributed by atoms with Crippen LogP contribution >= 0.6 is 0 Å². The molecule has 0 aromatic rings. The standard InChI is InChI=1S/C24H32O9.C21H28O7.2C20H28O5.4CO2/c1-12(2)24(17-11-16-20(24)14(4)33-21(16)13(17)3)23(28)32-8-7-31-22(27)15(9-18(25)29-5)10-19(26)30-6;1-11(2)21(15-10-14-18(21)13(4)28-19(14)12(15)3)20(24)27-9-8-26-17(23)7-6-16(22)25-5;1-10(2)18(21)23-7-8-24-19(22)20(11(3)4)15-9-14-16(20)13(6)25-17(14)12(15)5;1-6-7-16(21)23-8-9-24-19(22)20(11(2)3)15-10-14-17(20)13(5)25-18(14)12(15)4;4*2-1-3/h9,12-13,16-17,20-21H,4,7-8,10-11H2,1-3,5-6H3;6-7,11-12,14-15,18-19H,4,8-10H2,1-3,5H3;11-12,14-17H,1,6-9H2,2-5H3;6-7,11-12,14-15,17-18H,5,8-10H2,1-4H3;;;;/b15-9+;7-6+;;7-6+;;;;. The summed E-state index contributed by atoms with van der Waals surface area (Å²) in [6.45, 7) is 48.0. The van der Waals surface area contributed by atoms with Crippen LogP contribution < -0.4 is 0 Å². The Hall–Kier alpha value is -11.2. The van der Waals surface area contributed by atoms with Crippen LogP contribution in [-0.4, -0.2) is 189 Å². The third-order valence-electron chi connectivity index (χ3n) is 27.1. The van der Waals surface area contributed by atoms with Gasteiger partial charge in [-0.3, -0.25) is 24.0 Å². The van der Waals surface area contributed by atoms with Crippen LogP contribution in [0, 0.1) is 140 Å². The molecule has 4 heterocycles. The second-order valence-corrected chi connectivity index (χ2v) is 33.5. The molecule has 0 aromatic heterocycles. The summed E-state index contributed by atoms with van der Waals surface area (Å²) < 4.78 is 79.9. The van der Waals surface area contributed by atoms with Crippen molar-refractivity contribution in [1.29, 1.82) is 0 Å². The van der Waals surface area contributed by atoms with Crippen molar-refractivity contribution in [2.75, 3.05) is 74.2 Å². The summed E-state index contributed by atoms with van der Waals surface area (Å²) in [5.74, 6) is 0.828. The molecule has 8 saturated carbocycles. The van der Waals surface area contributed by atoms with Gasteiger partial charge in [-0.05, 0) is 111 Å². The summed E-state index contributed by atoms with van der Waals surface area (Å²) in [6.07, 6.45) is 10.8. The van der Waals surface area contributed by atoms with Crippen molar-refractivity contribution in [3.63, 3.8) is 0 Å². The number of ether oxygens (including phenoxy) is 15. The topological polar surface area (TPSA) is 463 Å². The molecule has 0 aromatic carbocycles. The van der Waals surface area contributed by atoms with E-state index >= 15 is 0 Å². The number of esters is 11. The molecule has 0 spiro atoms. The molecule has 8 bridgehead atoms. The Balaban J connectivity index is 0.000000280. The van der Waals surface area contributed by atoms with E-state index in [0.717, 1.165) is 69.6 Å². The van der Waals surface area contributed by atoms with Gasteiger partial charge in [-0.2, -0.15) is 38.4 Å². The first-order valence-electron chi connectivity index (χ1n) is 40.7. The van der Waals surface area contributed by atoms with Gasteiger partial charge in [0.25, 0.3) is 0 Å². The molecule has 0 N–H and O–H groups in total. The van der Waals surface area contributed by atoms with Crippen molar-refractivity contribution in [2.24, 2.45) is 140 Å². The second kappa shape index (κ2) is 44.7. The molecule has 34 heteroatoms. The summed E-state index contributed by atoms with van der Waals surface area (Å²) in [6, 6.07) is 0. The summed E-state index contributed by atoms with van der Waals surface area (Å²) in [5.41, 5.74) is -2.43. The number of methoxy groups -OCH3 is 3. The monoisotopic (exact) mass is 1730 g/mol. The number of hydrogen-bond donors (Lipinski definition) is 0. The Kier molecular flexibility index (Phi) is 37.2. The van der Waals surface area contributed by atoms with E-state index in [4.69, 9.17) is 95.2 Å². The van der Waals surface area contributed by atoms with Gasteiger partial charge in [0, 0.05) is 77.2 Å². The number of fused-ring (bicyclic) bond motifs is 4. The molecule has 4 aliphatic heterocycles. The van der Waals surface area contributed by atoms with Gasteiger partial charge in [0.1, 0.15) is 77.3 Å². The predicted octanol–water partition coefficient (Wildman–Crippen LogP) is 8.33. The number of rotatable bonds is 28. The minimum Gasteiger partial charge on any atom is -0.494 e. The molecule has 123 heavy (non-hydrogen) atoms. The van der Waals surface area contributed by atoms with Crippen LogP contribution in [0.5, 0.6) is 0 Å². The van der Waals surface area contributed by atoms with Gasteiger partial charge in [0.2, 0.25) is 0 Å². The van der Waals surface area contributed by atoms with Crippen molar-refractivity contribution in [3.05, 3.63) is 97.5 Å². The van der Waals surface area contributed by atoms with E-state index in [0.29, 0.717) is 46.7 Å². The van der Waals surface area contributed by atoms with Gasteiger partial charge in [0.15, 0.2) is 0 Å². The highest BCUT2D eigenvalue weighted by molar-refractivity contribution is 6.00. The van der Waals surface area contributed by atoms with E-state index in [9.17, 15) is 52.7 Å². The van der Waals surface area contributed by atoms with Crippen LogP contribution in [-0.2, 0) is 162 Å². The number of allylic oxidation sites excluding steroid dienone is 5. The normalized spacial score (nSPS) is 32.4. The highest BCUT2D eigenvalue weighted by Gasteiger charge is 2.78. The molecule has 24 unspecified atom stereocenters. The van der Waals surface area contributed by atoms with Gasteiger partial charge in [-0.15, -0.1) is 0 Å². The van der Waals surface area contributed by atoms with Crippen LogP contribution in [0.1, 0.15) is 129 Å². The first-order chi connectivity index (χ1) is 58.1. The minimum absolute atomic E-state index is 0.0169. The first-order valence-corrected chi connectivity index (χ1v) is 40.7. The highest BCUT2D eigenvalue weighted by atomic mass is 16.6. The molecule has 34 nitrogen and oxygen atoms in total. The van der Waals surface area contributed by atoms with Gasteiger partial charge in [-0.1, -0.05) is 122 Å². The van der Waals surface area contributed by atoms with E-state index in [1.54, 1.807) is 19.9 Å². The molecule has 0 amide bonds. The molecule has 12 rings (SSSR count). The van der Waals surface area contributed by atoms with Crippen molar-refractivity contribution >= 4 is 90.3 Å². The summed E-state index contributed by atoms with van der Waals surface area (Å²) in [5, 5.41) is 0. The SMILES string of the molecule is C=C(C)C(=O)OCCOC(=O)C1(C(C)C)C2CC3C(OC(=C)C31)C2C.C=C1OC2C(C)C3CC2C1C3(C(=O)OCCOC(=O)/C(=C/C(=O)OC)CC(=O)OC)C(C)C.C=C1OC2C(C)C3CC2C1C3(C(=O)OCCOC(=O)/C=C/C(=O)OC)C(C)C.C=C1OC2C(C)C3CC2C1C3(C(=O)OCCOC(=O)/C=C/C)C(C)C.O=C=O.O=C=O.O=C=O.O=C=O. The summed E-state index contributed by atoms with van der Waals surface area (Å²) >= 11 is 0. The van der Waals surface area contributed by atoms with Gasteiger partial charge in [0.05, 0.1) is 78.0 Å². The van der Waals surface area contributed by atoms with E-state index in [-0.39, 0.29) is 220 Å². The molecule has 12 aliphatic rings. The number of hydrogen-bond acceptors (Lipinski definition) is 34. The van der Waals surface area contributed by atoms with Gasteiger partial charge in [-0.25, -0.2) is 28.8 Å². The van der Waals surface area contributed by atoms with E-state index in [2.05, 4.69) is 102 Å². The van der Waals surface area contributed by atoms with Crippen molar-refractivity contribution in [2.45, 2.75) is 153 Å². The summed E-state index contributed by atoms with van der Waals surface area (Å²) in [4.78, 5) is 199. The third kappa shape index (κ3) is 20.2. The maximum Gasteiger partial charge on any atom is 0.373 e. The van der Waals surface area contributed by atoms with E-state index in [1.807, 2.05) is 27.7 Å². The Morgan fingerprint density at radius 2 is 0.626 bits per heavy atom. The minimum atomic E-state index is -0.894. The second-order valence-electron chi connectivity index (χ2n) is 33.5. The molecule has 12 fully saturated rings. The van der Waals surface area contributed by atoms with E-state index in [1.165, 1.54) is 13.2 Å². The molecular formula is C89H116O34. The largest absolute Gasteiger partial charge is 0.494 e. The highest BCUT2D eigenvalue weighted by Crippen LogP contribution is 2.75. The van der Waals surface area contributed by atoms with Crippen LogP contribution in [0.15, 0.2) is 97.5 Å². The number of carbonyl (C=O) groups excluding carboxylic acids is 19. The van der Waals surface area contributed by atoms with Crippen LogP contribution in [0.25, 0.3) is 0 Å². The third-order valence-corrected chi connectivity index (χ3v) is 27.1. The Labute approximate surface area is 714 Å². The van der Waals surface area contributed by atoms with Gasteiger partial charge < -0.3 is 71.1 Å². The quantitative estimate of drug-likeness (QED) is 0.0307. The fourth-order valence-corrected chi connectivity index (χ4v) is 23.1. The lowest BCUT2D eigenvalue weighted by Crippen LogP contribution is -2.51. The first kappa shape index (κ1) is 102. The van der Waals surface area contributed by atoms with Crippen molar-refractivity contribution in [3.8, 4) is 0 Å². The lowest BCUT2D eigenvalue weighted by Gasteiger charge is -2.44. The number of carbonyl (C=O) groups is 11. The maximum atomic E-state index is 13.4. The van der Waals surface area contributed by atoms with Crippen LogP contribution in [0.4, 0.5) is 0 Å². The fraction of sp³-hybridized carbons (Fsp3) is 0.652. The average Bonchev–Trinajstić information content (AvgIpc) is 1.54. The van der Waals surface area contributed by atoms with Crippen LogP contribution in [0.3, 0.4) is 0 Å².